The summed E-state index contributed by atoms with van der Waals surface area (Å²) in [5.74, 6) is -0.801. The first kappa shape index (κ1) is 25.5. The number of hydrogen-bond acceptors (Lipinski definition) is 8. The van der Waals surface area contributed by atoms with Gasteiger partial charge in [-0.2, -0.15) is 8.78 Å². The van der Waals surface area contributed by atoms with Gasteiger partial charge in [-0.05, 0) is 43.2 Å². The van der Waals surface area contributed by atoms with Crippen LogP contribution < -0.4 is 10.1 Å². The number of aliphatic imine (C=N–C) groups is 1. The molecule has 0 aromatic heterocycles. The highest BCUT2D eigenvalue weighted by Crippen LogP contribution is 2.33. The molecule has 0 unspecified atom stereocenters. The van der Waals surface area contributed by atoms with Crippen LogP contribution in [0.3, 0.4) is 0 Å². The lowest BCUT2D eigenvalue weighted by atomic mass is 10.2. The van der Waals surface area contributed by atoms with Crippen LogP contribution in [0.25, 0.3) is 0 Å². The van der Waals surface area contributed by atoms with Crippen molar-refractivity contribution in [2.75, 3.05) is 18.5 Å². The van der Waals surface area contributed by atoms with Crippen molar-refractivity contribution in [1.29, 1.82) is 0 Å². The van der Waals surface area contributed by atoms with Crippen LogP contribution in [0.4, 0.5) is 25.8 Å². The van der Waals surface area contributed by atoms with Crippen LogP contribution in [0.5, 0.6) is 5.75 Å². The molecule has 13 heteroatoms. The molecule has 2 aromatic rings. The molecule has 2 aliphatic rings. The van der Waals surface area contributed by atoms with Gasteiger partial charge >= 0.3 is 6.61 Å². The molecule has 2 fully saturated rings. The second kappa shape index (κ2) is 11.4. The minimum Gasteiger partial charge on any atom is -0.435 e. The molecule has 2 amide bonds. The van der Waals surface area contributed by atoms with E-state index in [4.69, 9.17) is 4.74 Å². The van der Waals surface area contributed by atoms with Gasteiger partial charge < -0.3 is 14.8 Å². The summed E-state index contributed by atoms with van der Waals surface area (Å²) >= 11 is 1.12. The van der Waals surface area contributed by atoms with Crippen molar-refractivity contribution in [3.8, 4) is 5.75 Å². The molecule has 36 heavy (non-hydrogen) atoms. The second-order valence-electron chi connectivity index (χ2n) is 8.02. The first-order valence-electron chi connectivity index (χ1n) is 11.1. The molecule has 2 aromatic carbocycles. The summed E-state index contributed by atoms with van der Waals surface area (Å²) in [6.07, 6.45) is 1.35. The summed E-state index contributed by atoms with van der Waals surface area (Å²) in [6.45, 7) is -2.06. The fourth-order valence-electron chi connectivity index (χ4n) is 3.78. The zero-order chi connectivity index (χ0) is 25.7. The number of nitro benzene ring substituents is 1. The average molecular weight is 521 g/mol. The Morgan fingerprint density at radius 1 is 1.31 bits per heavy atom. The SMILES string of the molecule is O=C(C[C@H]1SC(=Nc2ccc(OC(F)F)cc2)N(C[C@@H]2CCCO2)C1=O)Nc1cccc([N+](=O)[O-])c1. The Labute approximate surface area is 208 Å². The van der Waals surface area contributed by atoms with Gasteiger partial charge in [0.05, 0.1) is 23.3 Å². The maximum atomic E-state index is 13.2. The van der Waals surface area contributed by atoms with E-state index in [0.717, 1.165) is 24.6 Å². The number of nitrogens with zero attached hydrogens (tertiary/aromatic N) is 3. The number of nitrogens with one attached hydrogen (secondary N) is 1. The lowest BCUT2D eigenvalue weighted by Crippen LogP contribution is -2.38. The predicted octanol–water partition coefficient (Wildman–Crippen LogP) is 4.34. The fraction of sp³-hybridized carbons (Fsp3) is 0.348. The number of thioether (sulfide) groups is 1. The fourth-order valence-corrected chi connectivity index (χ4v) is 4.94. The van der Waals surface area contributed by atoms with Gasteiger partial charge in [-0.3, -0.25) is 24.6 Å². The number of non-ortho nitro benzene ring substituents is 1. The Balaban J connectivity index is 1.48. The Bertz CT molecular complexity index is 1160. The molecule has 4 rings (SSSR count). The van der Waals surface area contributed by atoms with Crippen LogP contribution in [0.2, 0.25) is 0 Å². The van der Waals surface area contributed by atoms with Crippen LogP contribution >= 0.6 is 11.8 Å². The molecule has 2 aliphatic heterocycles. The molecule has 0 bridgehead atoms. The van der Waals surface area contributed by atoms with Gasteiger partial charge in [-0.15, -0.1) is 0 Å². The number of anilines is 1. The molecule has 2 saturated heterocycles. The van der Waals surface area contributed by atoms with E-state index in [1.54, 1.807) is 0 Å². The van der Waals surface area contributed by atoms with Gasteiger partial charge in [0, 0.05) is 30.8 Å². The van der Waals surface area contributed by atoms with Crippen LogP contribution in [-0.4, -0.2) is 57.9 Å². The van der Waals surface area contributed by atoms with Crippen LogP contribution in [0, 0.1) is 10.1 Å². The number of ether oxygens (including phenoxy) is 2. The third-order valence-corrected chi connectivity index (χ3v) is 6.60. The van der Waals surface area contributed by atoms with Crippen LogP contribution in [-0.2, 0) is 14.3 Å². The second-order valence-corrected chi connectivity index (χ2v) is 9.19. The Hall–Kier alpha value is -3.58. The molecule has 0 saturated carbocycles. The Morgan fingerprint density at radius 2 is 2.08 bits per heavy atom. The molecule has 0 aliphatic carbocycles. The maximum absolute atomic E-state index is 13.2. The molecule has 2 atom stereocenters. The minimum atomic E-state index is -2.94. The number of carbonyl (C=O) groups is 2. The molecule has 0 spiro atoms. The lowest BCUT2D eigenvalue weighted by Gasteiger charge is -2.20. The maximum Gasteiger partial charge on any atom is 0.387 e. The highest BCUT2D eigenvalue weighted by atomic mass is 32.2. The van der Waals surface area contributed by atoms with E-state index in [2.05, 4.69) is 15.0 Å². The summed E-state index contributed by atoms with van der Waals surface area (Å²) < 4.78 is 34.8. The van der Waals surface area contributed by atoms with E-state index in [1.807, 2.05) is 0 Å². The number of carbonyl (C=O) groups excluding carboxylic acids is 2. The standard InChI is InChI=1S/C23H22F2N4O6S/c24-22(25)35-17-8-6-14(7-9-17)27-23-28(13-18-5-2-10-34-18)21(31)19(36-23)12-20(30)26-15-3-1-4-16(11-15)29(32)33/h1,3-4,6-9,11,18-19,22H,2,5,10,12-13H2,(H,26,30)/t18-,19+/m0/s1. The van der Waals surface area contributed by atoms with Gasteiger partial charge in [0.25, 0.3) is 5.69 Å². The van der Waals surface area contributed by atoms with Crippen molar-refractivity contribution in [3.05, 3.63) is 58.6 Å². The number of amidine groups is 1. The molecule has 1 N–H and O–H groups in total. The van der Waals surface area contributed by atoms with Gasteiger partial charge in [0.2, 0.25) is 11.8 Å². The number of nitro groups is 1. The van der Waals surface area contributed by atoms with Crippen molar-refractivity contribution in [2.24, 2.45) is 4.99 Å². The predicted molar refractivity (Wildman–Crippen MR) is 129 cm³/mol. The molecule has 190 valence electrons. The zero-order valence-corrected chi connectivity index (χ0v) is 19.7. The molecule has 0 radical (unpaired) electrons. The monoisotopic (exact) mass is 520 g/mol. The summed E-state index contributed by atoms with van der Waals surface area (Å²) in [6, 6.07) is 11.2. The highest BCUT2D eigenvalue weighted by molar-refractivity contribution is 8.15. The molecular formula is C23H22F2N4O6S. The van der Waals surface area contributed by atoms with E-state index < -0.39 is 22.7 Å². The van der Waals surface area contributed by atoms with Crippen molar-refractivity contribution >= 4 is 45.8 Å². The van der Waals surface area contributed by atoms with Crippen molar-refractivity contribution in [1.82, 2.24) is 4.90 Å². The normalized spacial score (nSPS) is 20.8. The quantitative estimate of drug-likeness (QED) is 0.385. The van der Waals surface area contributed by atoms with Crippen molar-refractivity contribution in [2.45, 2.75) is 37.2 Å². The van der Waals surface area contributed by atoms with E-state index in [-0.39, 0.29) is 42.1 Å². The summed E-state index contributed by atoms with van der Waals surface area (Å²) in [7, 11) is 0. The first-order chi connectivity index (χ1) is 17.3. The topological polar surface area (TPSA) is 123 Å². The highest BCUT2D eigenvalue weighted by Gasteiger charge is 2.40. The number of hydrogen-bond donors (Lipinski definition) is 1. The van der Waals surface area contributed by atoms with Gasteiger partial charge in [0.15, 0.2) is 5.17 Å². The van der Waals surface area contributed by atoms with Crippen LogP contribution in [0.15, 0.2) is 53.5 Å². The largest absolute Gasteiger partial charge is 0.435 e. The molecule has 10 nitrogen and oxygen atoms in total. The number of halogens is 2. The number of rotatable bonds is 9. The lowest BCUT2D eigenvalue weighted by molar-refractivity contribution is -0.384. The molecule has 2 heterocycles. The van der Waals surface area contributed by atoms with Crippen molar-refractivity contribution in [3.63, 3.8) is 0 Å². The third kappa shape index (κ3) is 6.55. The average Bonchev–Trinajstić information content (AvgIpc) is 3.44. The van der Waals surface area contributed by atoms with Crippen molar-refractivity contribution < 1.29 is 32.8 Å². The third-order valence-electron chi connectivity index (χ3n) is 5.43. The summed E-state index contributed by atoms with van der Waals surface area (Å²) in [4.78, 5) is 42.2. The Kier molecular flexibility index (Phi) is 8.10. The first-order valence-corrected chi connectivity index (χ1v) is 11.9. The summed E-state index contributed by atoms with van der Waals surface area (Å²) in [5, 5.41) is 13.2. The number of amides is 2. The minimum absolute atomic E-state index is 0.0176. The van der Waals surface area contributed by atoms with E-state index in [1.165, 1.54) is 53.4 Å². The van der Waals surface area contributed by atoms with Gasteiger partial charge in [0.1, 0.15) is 11.0 Å². The summed E-state index contributed by atoms with van der Waals surface area (Å²) in [5.41, 5.74) is 0.507. The smallest absolute Gasteiger partial charge is 0.387 e. The number of benzene rings is 2. The van der Waals surface area contributed by atoms with Gasteiger partial charge in [-0.1, -0.05) is 17.8 Å². The number of alkyl halides is 2. The molecular weight excluding hydrogens is 498 g/mol. The van der Waals surface area contributed by atoms with Crippen LogP contribution in [0.1, 0.15) is 19.3 Å². The van der Waals surface area contributed by atoms with E-state index in [9.17, 15) is 28.5 Å². The Morgan fingerprint density at radius 3 is 2.75 bits per heavy atom. The van der Waals surface area contributed by atoms with E-state index >= 15 is 0 Å². The zero-order valence-electron chi connectivity index (χ0n) is 18.8. The van der Waals surface area contributed by atoms with Gasteiger partial charge in [-0.25, -0.2) is 4.99 Å². The van der Waals surface area contributed by atoms with E-state index in [0.29, 0.717) is 17.5 Å².